The zero-order chi connectivity index (χ0) is 19.5. The van der Waals surface area contributed by atoms with Gasteiger partial charge in [-0.1, -0.05) is 60.7 Å². The number of nitrogens with zero attached hydrogens (tertiary/aromatic N) is 2. The zero-order valence-corrected chi connectivity index (χ0v) is 16.0. The molecule has 0 atom stereocenters. The van der Waals surface area contributed by atoms with Crippen molar-refractivity contribution in [2.75, 3.05) is 13.1 Å². The molecule has 142 valence electrons. The van der Waals surface area contributed by atoms with E-state index in [1.807, 2.05) is 74.5 Å². The molecule has 0 aliphatic heterocycles. The molecule has 1 N–H and O–H groups in total. The van der Waals surface area contributed by atoms with Gasteiger partial charge in [0.25, 0.3) is 0 Å². The van der Waals surface area contributed by atoms with E-state index in [9.17, 15) is 9.59 Å². The third-order valence-corrected chi connectivity index (χ3v) is 4.30. The SMILES string of the molecule is CCN(CC)C(=O)CCCC(=O)NN=C(c1ccccc1)c1ccccc1. The van der Waals surface area contributed by atoms with Crippen LogP contribution < -0.4 is 5.43 Å². The highest BCUT2D eigenvalue weighted by Crippen LogP contribution is 2.10. The Morgan fingerprint density at radius 1 is 0.852 bits per heavy atom. The molecule has 0 aliphatic carbocycles. The Balaban J connectivity index is 1.98. The van der Waals surface area contributed by atoms with Crippen LogP contribution in [0.2, 0.25) is 0 Å². The highest BCUT2D eigenvalue weighted by Gasteiger charge is 2.11. The summed E-state index contributed by atoms with van der Waals surface area (Å²) in [4.78, 5) is 25.9. The molecule has 2 rings (SSSR count). The summed E-state index contributed by atoms with van der Waals surface area (Å²) in [5, 5.41) is 4.35. The number of nitrogens with one attached hydrogen (secondary N) is 1. The Bertz CT molecular complexity index is 712. The van der Waals surface area contributed by atoms with Gasteiger partial charge in [-0.2, -0.15) is 5.10 Å². The fourth-order valence-corrected chi connectivity index (χ4v) is 2.80. The summed E-state index contributed by atoms with van der Waals surface area (Å²) in [6, 6.07) is 19.5. The second-order valence-electron chi connectivity index (χ2n) is 6.15. The molecule has 27 heavy (non-hydrogen) atoms. The van der Waals surface area contributed by atoms with Gasteiger partial charge in [-0.05, 0) is 20.3 Å². The van der Waals surface area contributed by atoms with Gasteiger partial charge in [-0.3, -0.25) is 9.59 Å². The Labute approximate surface area is 161 Å². The molecule has 0 bridgehead atoms. The summed E-state index contributed by atoms with van der Waals surface area (Å²) in [6.07, 6.45) is 1.17. The Hall–Kier alpha value is -2.95. The van der Waals surface area contributed by atoms with Crippen molar-refractivity contribution in [1.29, 1.82) is 0 Å². The third kappa shape index (κ3) is 6.37. The highest BCUT2D eigenvalue weighted by molar-refractivity contribution is 6.13. The van der Waals surface area contributed by atoms with E-state index in [0.717, 1.165) is 11.1 Å². The standard InChI is InChI=1S/C22H27N3O2/c1-3-25(4-2)21(27)17-11-16-20(26)23-24-22(18-12-7-5-8-13-18)19-14-9-6-10-15-19/h5-10,12-15H,3-4,11,16-17H2,1-2H3,(H,23,26). The summed E-state index contributed by atoms with van der Waals surface area (Å²) >= 11 is 0. The van der Waals surface area contributed by atoms with Crippen molar-refractivity contribution in [3.8, 4) is 0 Å². The maximum Gasteiger partial charge on any atom is 0.240 e. The van der Waals surface area contributed by atoms with Gasteiger partial charge in [0.2, 0.25) is 11.8 Å². The predicted molar refractivity (Wildman–Crippen MR) is 108 cm³/mol. The first kappa shape index (κ1) is 20.4. The van der Waals surface area contributed by atoms with Crippen molar-refractivity contribution in [2.24, 2.45) is 5.10 Å². The summed E-state index contributed by atoms with van der Waals surface area (Å²) in [6.45, 7) is 5.31. The van der Waals surface area contributed by atoms with Crippen LogP contribution in [0.25, 0.3) is 0 Å². The topological polar surface area (TPSA) is 61.8 Å². The van der Waals surface area contributed by atoms with Crippen molar-refractivity contribution < 1.29 is 9.59 Å². The lowest BCUT2D eigenvalue weighted by atomic mass is 10.0. The number of hydrogen-bond donors (Lipinski definition) is 1. The molecule has 2 aromatic carbocycles. The van der Waals surface area contributed by atoms with E-state index in [2.05, 4.69) is 10.5 Å². The average Bonchev–Trinajstić information content (AvgIpc) is 2.71. The van der Waals surface area contributed by atoms with Crippen molar-refractivity contribution in [3.63, 3.8) is 0 Å². The van der Waals surface area contributed by atoms with Crippen LogP contribution in [0.1, 0.15) is 44.2 Å². The first-order valence-electron chi connectivity index (χ1n) is 9.40. The Morgan fingerprint density at radius 2 is 1.37 bits per heavy atom. The van der Waals surface area contributed by atoms with Gasteiger partial charge >= 0.3 is 0 Å². The molecule has 0 saturated carbocycles. The van der Waals surface area contributed by atoms with Crippen molar-refractivity contribution in [2.45, 2.75) is 33.1 Å². The number of benzene rings is 2. The minimum absolute atomic E-state index is 0.0885. The molecule has 0 aliphatic rings. The van der Waals surface area contributed by atoms with E-state index in [1.54, 1.807) is 4.90 Å². The number of hydrazone groups is 1. The fraction of sp³-hybridized carbons (Fsp3) is 0.318. The van der Waals surface area contributed by atoms with Crippen LogP contribution >= 0.6 is 0 Å². The average molecular weight is 365 g/mol. The Kier molecular flexibility index (Phi) is 8.23. The predicted octanol–water partition coefficient (Wildman–Crippen LogP) is 3.59. The van der Waals surface area contributed by atoms with Gasteiger partial charge < -0.3 is 4.90 Å². The largest absolute Gasteiger partial charge is 0.343 e. The molecule has 0 unspecified atom stereocenters. The van der Waals surface area contributed by atoms with E-state index in [4.69, 9.17) is 0 Å². The normalized spacial score (nSPS) is 10.1. The van der Waals surface area contributed by atoms with E-state index in [1.165, 1.54) is 0 Å². The summed E-state index contributed by atoms with van der Waals surface area (Å²) in [5.41, 5.74) is 5.21. The summed E-state index contributed by atoms with van der Waals surface area (Å²) in [5.74, 6) is -0.0997. The zero-order valence-electron chi connectivity index (χ0n) is 16.0. The fourth-order valence-electron chi connectivity index (χ4n) is 2.80. The first-order chi connectivity index (χ1) is 13.2. The molecule has 5 nitrogen and oxygen atoms in total. The maximum absolute atomic E-state index is 12.2. The molecule has 0 heterocycles. The quantitative estimate of drug-likeness (QED) is 0.545. The second kappa shape index (κ2) is 10.9. The van der Waals surface area contributed by atoms with E-state index in [-0.39, 0.29) is 18.2 Å². The van der Waals surface area contributed by atoms with Gasteiger partial charge in [0.1, 0.15) is 0 Å². The van der Waals surface area contributed by atoms with Crippen molar-refractivity contribution in [3.05, 3.63) is 71.8 Å². The number of carbonyl (C=O) groups excluding carboxylic acids is 2. The van der Waals surface area contributed by atoms with Crippen LogP contribution in [-0.2, 0) is 9.59 Å². The third-order valence-electron chi connectivity index (χ3n) is 4.30. The molecular formula is C22H27N3O2. The lowest BCUT2D eigenvalue weighted by molar-refractivity contribution is -0.131. The van der Waals surface area contributed by atoms with Crippen LogP contribution in [0, 0.1) is 0 Å². The Morgan fingerprint density at radius 3 is 1.85 bits per heavy atom. The van der Waals surface area contributed by atoms with Crippen molar-refractivity contribution >= 4 is 17.5 Å². The lowest BCUT2D eigenvalue weighted by Gasteiger charge is -2.18. The number of hydrogen-bond acceptors (Lipinski definition) is 3. The van der Waals surface area contributed by atoms with Crippen LogP contribution in [-0.4, -0.2) is 35.5 Å². The molecule has 0 saturated heterocycles. The van der Waals surface area contributed by atoms with E-state index >= 15 is 0 Å². The van der Waals surface area contributed by atoms with Gasteiger partial charge in [0, 0.05) is 37.1 Å². The molecule has 0 spiro atoms. The maximum atomic E-state index is 12.2. The molecular weight excluding hydrogens is 338 g/mol. The van der Waals surface area contributed by atoms with Gasteiger partial charge in [0.15, 0.2) is 0 Å². The van der Waals surface area contributed by atoms with Crippen molar-refractivity contribution in [1.82, 2.24) is 10.3 Å². The molecule has 0 aromatic heterocycles. The molecule has 2 amide bonds. The van der Waals surface area contributed by atoms with Gasteiger partial charge in [0.05, 0.1) is 5.71 Å². The number of amides is 2. The summed E-state index contributed by atoms with van der Waals surface area (Å²) in [7, 11) is 0. The second-order valence-corrected chi connectivity index (χ2v) is 6.15. The monoisotopic (exact) mass is 365 g/mol. The number of carbonyl (C=O) groups is 2. The van der Waals surface area contributed by atoms with Gasteiger partial charge in [-0.25, -0.2) is 5.43 Å². The van der Waals surface area contributed by atoms with Gasteiger partial charge in [-0.15, -0.1) is 0 Å². The van der Waals surface area contributed by atoms with Crippen LogP contribution in [0.15, 0.2) is 65.8 Å². The molecule has 5 heteroatoms. The van der Waals surface area contributed by atoms with Crippen LogP contribution in [0.5, 0.6) is 0 Å². The molecule has 0 fully saturated rings. The highest BCUT2D eigenvalue weighted by atomic mass is 16.2. The van der Waals surface area contributed by atoms with Crippen LogP contribution in [0.4, 0.5) is 0 Å². The molecule has 0 radical (unpaired) electrons. The van der Waals surface area contributed by atoms with E-state index < -0.39 is 0 Å². The minimum atomic E-state index is -0.188. The van der Waals surface area contributed by atoms with Crippen LogP contribution in [0.3, 0.4) is 0 Å². The first-order valence-corrected chi connectivity index (χ1v) is 9.40. The summed E-state index contributed by atoms with van der Waals surface area (Å²) < 4.78 is 0. The van der Waals surface area contributed by atoms with E-state index in [0.29, 0.717) is 31.6 Å². The molecule has 2 aromatic rings. The minimum Gasteiger partial charge on any atom is -0.343 e. The number of rotatable bonds is 9. The smallest absolute Gasteiger partial charge is 0.240 e. The lowest BCUT2D eigenvalue weighted by Crippen LogP contribution is -2.30.